The van der Waals surface area contributed by atoms with E-state index in [4.69, 9.17) is 0 Å². The van der Waals surface area contributed by atoms with Crippen LogP contribution in [0.15, 0.2) is 30.3 Å². The predicted octanol–water partition coefficient (Wildman–Crippen LogP) is 1.95. The number of carbonyl (C=O) groups excluding carboxylic acids is 4. The van der Waals surface area contributed by atoms with Crippen LogP contribution in [-0.2, 0) is 20.9 Å². The van der Waals surface area contributed by atoms with Gasteiger partial charge in [0, 0.05) is 19.5 Å². The van der Waals surface area contributed by atoms with Gasteiger partial charge in [-0.3, -0.25) is 19.3 Å². The number of rotatable bonds is 7. The summed E-state index contributed by atoms with van der Waals surface area (Å²) < 4.78 is 0. The number of benzene rings is 1. The minimum absolute atomic E-state index is 0.0635. The van der Waals surface area contributed by atoms with Gasteiger partial charge in [0.05, 0.1) is 0 Å². The Bertz CT molecular complexity index is 854. The van der Waals surface area contributed by atoms with Crippen LogP contribution in [0.1, 0.15) is 52.0 Å². The molecule has 8 heteroatoms. The van der Waals surface area contributed by atoms with E-state index < -0.39 is 17.5 Å². The van der Waals surface area contributed by atoms with Gasteiger partial charge < -0.3 is 16.0 Å². The highest BCUT2D eigenvalue weighted by molar-refractivity contribution is 6.09. The highest BCUT2D eigenvalue weighted by atomic mass is 16.2. The second-order valence-corrected chi connectivity index (χ2v) is 9.62. The lowest BCUT2D eigenvalue weighted by molar-refractivity contribution is -0.137. The molecule has 2 aliphatic rings. The molecule has 1 aromatic carbocycles. The Hall–Kier alpha value is -2.90. The van der Waals surface area contributed by atoms with Gasteiger partial charge >= 0.3 is 6.03 Å². The van der Waals surface area contributed by atoms with E-state index in [0.717, 1.165) is 16.9 Å². The van der Waals surface area contributed by atoms with Crippen LogP contribution in [-0.4, -0.2) is 47.3 Å². The maximum atomic E-state index is 13.1. The highest BCUT2D eigenvalue weighted by Crippen LogP contribution is 2.46. The average molecular weight is 429 g/mol. The summed E-state index contributed by atoms with van der Waals surface area (Å²) in [5.41, 5.74) is 0.00885. The highest BCUT2D eigenvalue weighted by Gasteiger charge is 2.56. The SMILES string of the molecule is CC1CC(C)(C)CC2(C1)NC(=O)N(CC(=O)NCCC(=O)NCc1ccccc1)C2=O. The number of nitrogens with zero attached hydrogens (tertiary/aromatic N) is 1. The zero-order valence-electron chi connectivity index (χ0n) is 18.5. The van der Waals surface area contributed by atoms with Crippen LogP contribution in [0.2, 0.25) is 0 Å². The van der Waals surface area contributed by atoms with E-state index in [1.807, 2.05) is 30.3 Å². The van der Waals surface area contributed by atoms with Gasteiger partial charge in [-0.15, -0.1) is 0 Å². The van der Waals surface area contributed by atoms with Gasteiger partial charge in [-0.2, -0.15) is 0 Å². The molecule has 3 rings (SSSR count). The van der Waals surface area contributed by atoms with E-state index in [1.54, 1.807) is 0 Å². The summed E-state index contributed by atoms with van der Waals surface area (Å²) >= 11 is 0. The van der Waals surface area contributed by atoms with Gasteiger partial charge in [0.15, 0.2) is 0 Å². The van der Waals surface area contributed by atoms with Crippen LogP contribution in [0.25, 0.3) is 0 Å². The first-order valence-electron chi connectivity index (χ1n) is 10.8. The zero-order valence-corrected chi connectivity index (χ0v) is 18.5. The largest absolute Gasteiger partial charge is 0.354 e. The Morgan fingerprint density at radius 3 is 2.48 bits per heavy atom. The molecule has 2 atom stereocenters. The van der Waals surface area contributed by atoms with Crippen molar-refractivity contribution in [3.63, 3.8) is 0 Å². The van der Waals surface area contributed by atoms with Crippen molar-refractivity contribution in [1.82, 2.24) is 20.9 Å². The summed E-state index contributed by atoms with van der Waals surface area (Å²) in [6, 6.07) is 9.02. The van der Waals surface area contributed by atoms with Crippen molar-refractivity contribution in [2.24, 2.45) is 11.3 Å². The minimum atomic E-state index is -0.921. The predicted molar refractivity (Wildman–Crippen MR) is 116 cm³/mol. The van der Waals surface area contributed by atoms with E-state index in [-0.39, 0.29) is 36.7 Å². The summed E-state index contributed by atoms with van der Waals surface area (Å²) in [6.45, 7) is 6.50. The molecule has 3 N–H and O–H groups in total. The molecule has 31 heavy (non-hydrogen) atoms. The number of imide groups is 1. The molecule has 1 saturated carbocycles. The van der Waals surface area contributed by atoms with Gasteiger partial charge in [-0.25, -0.2) is 4.79 Å². The lowest BCUT2D eigenvalue weighted by Crippen LogP contribution is -2.54. The van der Waals surface area contributed by atoms with Crippen molar-refractivity contribution in [3.8, 4) is 0 Å². The molecule has 8 nitrogen and oxygen atoms in total. The summed E-state index contributed by atoms with van der Waals surface area (Å²) in [5, 5.41) is 8.27. The van der Waals surface area contributed by atoms with Crippen molar-refractivity contribution < 1.29 is 19.2 Å². The van der Waals surface area contributed by atoms with Crippen molar-refractivity contribution in [1.29, 1.82) is 0 Å². The third kappa shape index (κ3) is 5.62. The fourth-order valence-electron chi connectivity index (χ4n) is 5.05. The van der Waals surface area contributed by atoms with Crippen LogP contribution < -0.4 is 16.0 Å². The van der Waals surface area contributed by atoms with Gasteiger partial charge in [0.1, 0.15) is 12.1 Å². The second kappa shape index (κ2) is 9.08. The molecule has 2 fully saturated rings. The van der Waals surface area contributed by atoms with Gasteiger partial charge in [0.2, 0.25) is 11.8 Å². The summed E-state index contributed by atoms with van der Waals surface area (Å²) in [5.74, 6) is -0.667. The maximum absolute atomic E-state index is 13.1. The molecular weight excluding hydrogens is 396 g/mol. The van der Waals surface area contributed by atoms with E-state index >= 15 is 0 Å². The molecule has 1 aromatic rings. The first-order valence-corrected chi connectivity index (χ1v) is 10.8. The molecule has 0 bridgehead atoms. The topological polar surface area (TPSA) is 108 Å². The maximum Gasteiger partial charge on any atom is 0.325 e. The second-order valence-electron chi connectivity index (χ2n) is 9.62. The number of hydrogen-bond acceptors (Lipinski definition) is 4. The van der Waals surface area contributed by atoms with E-state index in [1.165, 1.54) is 0 Å². The van der Waals surface area contributed by atoms with Crippen LogP contribution >= 0.6 is 0 Å². The van der Waals surface area contributed by atoms with Gasteiger partial charge in [0.25, 0.3) is 5.91 Å². The van der Waals surface area contributed by atoms with Gasteiger partial charge in [-0.1, -0.05) is 51.1 Å². The third-order valence-corrected chi connectivity index (χ3v) is 5.93. The fraction of sp³-hybridized carbons (Fsp3) is 0.565. The van der Waals surface area contributed by atoms with Crippen molar-refractivity contribution in [3.05, 3.63) is 35.9 Å². The fourth-order valence-corrected chi connectivity index (χ4v) is 5.05. The van der Waals surface area contributed by atoms with E-state index in [0.29, 0.717) is 25.3 Å². The number of urea groups is 1. The molecule has 168 valence electrons. The summed E-state index contributed by atoms with van der Waals surface area (Å²) in [7, 11) is 0. The molecule has 1 saturated heterocycles. The molecule has 1 aliphatic heterocycles. The molecule has 0 aromatic heterocycles. The van der Waals surface area contributed by atoms with Crippen molar-refractivity contribution >= 4 is 23.8 Å². The van der Waals surface area contributed by atoms with Crippen LogP contribution in [0.5, 0.6) is 0 Å². The van der Waals surface area contributed by atoms with Gasteiger partial charge in [-0.05, 0) is 36.2 Å². The lowest BCUT2D eigenvalue weighted by atomic mass is 9.64. The first-order chi connectivity index (χ1) is 14.6. The monoisotopic (exact) mass is 428 g/mol. The number of amides is 5. The van der Waals surface area contributed by atoms with Crippen molar-refractivity contribution in [2.45, 2.75) is 58.5 Å². The summed E-state index contributed by atoms with van der Waals surface area (Å²) in [4.78, 5) is 50.8. The normalized spacial score (nSPS) is 24.7. The number of carbonyl (C=O) groups is 4. The Kier molecular flexibility index (Phi) is 6.67. The molecule has 2 unspecified atom stereocenters. The minimum Gasteiger partial charge on any atom is -0.354 e. The Morgan fingerprint density at radius 1 is 1.10 bits per heavy atom. The number of nitrogens with one attached hydrogen (secondary N) is 3. The smallest absolute Gasteiger partial charge is 0.325 e. The van der Waals surface area contributed by atoms with Crippen LogP contribution in [0, 0.1) is 11.3 Å². The Morgan fingerprint density at radius 2 is 1.81 bits per heavy atom. The summed E-state index contributed by atoms with van der Waals surface area (Å²) in [6.07, 6.45) is 2.26. The van der Waals surface area contributed by atoms with E-state index in [9.17, 15) is 19.2 Å². The molecular formula is C23H32N4O4. The number of hydrogen-bond donors (Lipinski definition) is 3. The standard InChI is InChI=1S/C23H32N4O4/c1-16-11-22(2,3)15-23(12-16)20(30)27(21(31)26-23)14-19(29)24-10-9-18(28)25-13-17-7-5-4-6-8-17/h4-8,16H,9-15H2,1-3H3,(H,24,29)(H,25,28)(H,26,31). The first kappa shape index (κ1) is 22.8. The quantitative estimate of drug-likeness (QED) is 0.577. The van der Waals surface area contributed by atoms with Crippen LogP contribution in [0.4, 0.5) is 4.79 Å². The molecule has 1 spiro atoms. The average Bonchev–Trinajstić information content (AvgIpc) is 2.89. The molecule has 0 radical (unpaired) electrons. The Balaban J connectivity index is 1.45. The molecule has 5 amide bonds. The van der Waals surface area contributed by atoms with E-state index in [2.05, 4.69) is 36.7 Å². The molecule has 1 aliphatic carbocycles. The van der Waals surface area contributed by atoms with Crippen molar-refractivity contribution in [2.75, 3.05) is 13.1 Å². The zero-order chi connectivity index (χ0) is 22.6. The third-order valence-electron chi connectivity index (χ3n) is 5.93. The Labute approximate surface area is 183 Å². The van der Waals surface area contributed by atoms with Crippen LogP contribution in [0.3, 0.4) is 0 Å². The molecule has 1 heterocycles. The lowest BCUT2D eigenvalue weighted by Gasteiger charge is -2.43.